The summed E-state index contributed by atoms with van der Waals surface area (Å²) in [7, 11) is 2.32. The van der Waals surface area contributed by atoms with E-state index < -0.39 is 0 Å². The second-order valence-electron chi connectivity index (χ2n) is 8.30. The first-order chi connectivity index (χ1) is 13.6. The van der Waals surface area contributed by atoms with Crippen LogP contribution >= 0.6 is 11.3 Å². The minimum absolute atomic E-state index is 0. The topological polar surface area (TPSA) is 29.1 Å². The summed E-state index contributed by atoms with van der Waals surface area (Å²) in [5.74, 6) is 0. The summed E-state index contributed by atoms with van der Waals surface area (Å²) < 4.78 is 3.29. The van der Waals surface area contributed by atoms with Crippen molar-refractivity contribution in [3.63, 3.8) is 0 Å². The normalized spacial score (nSPS) is 13.9. The molecule has 1 aromatic heterocycles. The van der Waals surface area contributed by atoms with Gasteiger partial charge in [-0.25, -0.2) is 0 Å². The van der Waals surface area contributed by atoms with Gasteiger partial charge in [-0.3, -0.25) is 4.79 Å². The third-order valence-corrected chi connectivity index (χ3v) is 7.87. The summed E-state index contributed by atoms with van der Waals surface area (Å²) >= 11 is 1.77. The fraction of sp³-hybridized carbons (Fsp3) is 0.458. The number of halogens is 1. The molecule has 3 nitrogen and oxygen atoms in total. The zero-order valence-electron chi connectivity index (χ0n) is 17.7. The van der Waals surface area contributed by atoms with Crippen LogP contribution < -0.4 is 34.7 Å². The van der Waals surface area contributed by atoms with Crippen molar-refractivity contribution in [2.45, 2.75) is 39.5 Å². The Labute approximate surface area is 194 Å². The summed E-state index contributed by atoms with van der Waals surface area (Å²) in [6.07, 6.45) is 4.54. The van der Waals surface area contributed by atoms with Crippen LogP contribution in [0, 0.1) is 0 Å². The first kappa shape index (κ1) is 22.5. The lowest BCUT2D eigenvalue weighted by Crippen LogP contribution is -3.00. The molecular weight excluding hydrogens is 491 g/mol. The van der Waals surface area contributed by atoms with Crippen LogP contribution in [-0.4, -0.2) is 37.7 Å². The number of hydrogen-bond acceptors (Lipinski definition) is 3. The van der Waals surface area contributed by atoms with Gasteiger partial charge >= 0.3 is 0 Å². The third-order valence-electron chi connectivity index (χ3n) is 6.67. The Kier molecular flexibility index (Phi) is 7.23. The molecule has 1 heterocycles. The molecule has 5 heteroatoms. The number of rotatable bonds is 6. The van der Waals surface area contributed by atoms with Gasteiger partial charge in [0.25, 0.3) is 0 Å². The molecule has 0 amide bonds. The molecule has 0 atom stereocenters. The van der Waals surface area contributed by atoms with Crippen molar-refractivity contribution < 1.29 is 28.5 Å². The van der Waals surface area contributed by atoms with Crippen LogP contribution in [0.4, 0.5) is 5.69 Å². The Hall–Kier alpha value is -1.18. The van der Waals surface area contributed by atoms with Crippen LogP contribution in [0.25, 0.3) is 20.2 Å². The van der Waals surface area contributed by atoms with Gasteiger partial charge in [0.05, 0.1) is 43.6 Å². The van der Waals surface area contributed by atoms with E-state index in [9.17, 15) is 4.79 Å². The quantitative estimate of drug-likeness (QED) is 0.306. The average molecular weight is 522 g/mol. The molecule has 0 saturated carbocycles. The molecule has 1 N–H and O–H groups in total. The third kappa shape index (κ3) is 4.32. The number of nitrogens with one attached hydrogen (secondary N) is 1. The van der Waals surface area contributed by atoms with Gasteiger partial charge < -0.3 is 33.8 Å². The van der Waals surface area contributed by atoms with Crippen LogP contribution in [-0.2, 0) is 12.8 Å². The number of quaternary nitrogens is 1. The smallest absolute Gasteiger partial charge is 0.196 e. The van der Waals surface area contributed by atoms with Crippen LogP contribution in [0.5, 0.6) is 0 Å². The standard InChI is InChI=1S/C24H31N2OS.HI/c1-4-26(3,5-2)15-14-25-20-16-17-10-6-7-11-18(17)22-23(27)19-12-8-9-13-21(19)28-24(20)22;/h8-9,12-13,16,25H,4-7,10-11,14-15H2,1-3H3;1H/q+1;/p-1. The summed E-state index contributed by atoms with van der Waals surface area (Å²) in [5, 5.41) is 5.56. The SMILES string of the molecule is CC[N+](C)(CC)CCNc1cc2c(c3c(=O)c4ccccc4sc13)CCCC2.[I-]. The first-order valence-corrected chi connectivity index (χ1v) is 11.5. The molecule has 0 spiro atoms. The monoisotopic (exact) mass is 522 g/mol. The molecule has 0 saturated heterocycles. The Bertz CT molecular complexity index is 1070. The number of fused-ring (bicyclic) bond motifs is 4. The fourth-order valence-electron chi connectivity index (χ4n) is 4.35. The number of likely N-dealkylation sites (N-methyl/N-ethyl adjacent to an activating group) is 1. The molecule has 156 valence electrons. The molecule has 2 aromatic carbocycles. The van der Waals surface area contributed by atoms with E-state index in [0.29, 0.717) is 0 Å². The Morgan fingerprint density at radius 2 is 1.83 bits per heavy atom. The minimum Gasteiger partial charge on any atom is -1.00 e. The van der Waals surface area contributed by atoms with E-state index in [1.165, 1.54) is 24.0 Å². The van der Waals surface area contributed by atoms with E-state index >= 15 is 0 Å². The van der Waals surface area contributed by atoms with Gasteiger partial charge in [0, 0.05) is 15.5 Å². The highest BCUT2D eigenvalue weighted by atomic mass is 127. The van der Waals surface area contributed by atoms with E-state index in [1.807, 2.05) is 18.2 Å². The number of anilines is 1. The molecule has 4 rings (SSSR count). The molecule has 0 aliphatic heterocycles. The Morgan fingerprint density at radius 3 is 2.59 bits per heavy atom. The molecule has 1 aliphatic carbocycles. The van der Waals surface area contributed by atoms with Gasteiger partial charge in [0.1, 0.15) is 0 Å². The summed E-state index contributed by atoms with van der Waals surface area (Å²) in [5.41, 5.74) is 4.06. The summed E-state index contributed by atoms with van der Waals surface area (Å²) in [6, 6.07) is 10.4. The van der Waals surface area contributed by atoms with Crippen molar-refractivity contribution in [1.82, 2.24) is 0 Å². The van der Waals surface area contributed by atoms with E-state index in [2.05, 4.69) is 38.3 Å². The van der Waals surface area contributed by atoms with Crippen molar-refractivity contribution in [2.24, 2.45) is 0 Å². The van der Waals surface area contributed by atoms with Crippen molar-refractivity contribution in [3.8, 4) is 0 Å². The second kappa shape index (κ2) is 9.31. The lowest BCUT2D eigenvalue weighted by molar-refractivity contribution is -0.904. The highest BCUT2D eigenvalue weighted by molar-refractivity contribution is 7.25. The first-order valence-electron chi connectivity index (χ1n) is 10.6. The maximum absolute atomic E-state index is 13.4. The maximum Gasteiger partial charge on any atom is 0.196 e. The second-order valence-corrected chi connectivity index (χ2v) is 9.35. The predicted molar refractivity (Wildman–Crippen MR) is 123 cm³/mol. The van der Waals surface area contributed by atoms with Crippen molar-refractivity contribution in [3.05, 3.63) is 51.7 Å². The largest absolute Gasteiger partial charge is 1.00 e. The fourth-order valence-corrected chi connectivity index (χ4v) is 5.55. The molecule has 0 radical (unpaired) electrons. The zero-order chi connectivity index (χ0) is 19.7. The summed E-state index contributed by atoms with van der Waals surface area (Å²) in [4.78, 5) is 13.4. The highest BCUT2D eigenvalue weighted by Gasteiger charge is 2.21. The molecule has 0 fully saturated rings. The number of hydrogen-bond donors (Lipinski definition) is 1. The Balaban J connectivity index is 0.00000240. The van der Waals surface area contributed by atoms with Crippen LogP contribution in [0.15, 0.2) is 35.1 Å². The maximum atomic E-state index is 13.4. The van der Waals surface area contributed by atoms with Crippen molar-refractivity contribution in [1.29, 1.82) is 0 Å². The van der Waals surface area contributed by atoms with Crippen molar-refractivity contribution in [2.75, 3.05) is 38.5 Å². The lowest BCUT2D eigenvalue weighted by Gasteiger charge is -2.32. The van der Waals surface area contributed by atoms with E-state index in [0.717, 1.165) is 69.4 Å². The van der Waals surface area contributed by atoms with Gasteiger partial charge in [0.2, 0.25) is 0 Å². The van der Waals surface area contributed by atoms with E-state index in [4.69, 9.17) is 0 Å². The summed E-state index contributed by atoms with van der Waals surface area (Å²) in [6.45, 7) is 8.82. The number of aryl methyl sites for hydroxylation is 2. The molecule has 29 heavy (non-hydrogen) atoms. The number of nitrogens with zero attached hydrogens (tertiary/aromatic N) is 1. The average Bonchev–Trinajstić information content (AvgIpc) is 2.73. The molecule has 3 aromatic rings. The molecular formula is C24H31IN2OS. The van der Waals surface area contributed by atoms with Gasteiger partial charge in [0.15, 0.2) is 5.43 Å². The molecule has 0 unspecified atom stereocenters. The lowest BCUT2D eigenvalue weighted by atomic mass is 9.88. The highest BCUT2D eigenvalue weighted by Crippen LogP contribution is 2.37. The van der Waals surface area contributed by atoms with Crippen LogP contribution in [0.2, 0.25) is 0 Å². The minimum atomic E-state index is 0. The van der Waals surface area contributed by atoms with Gasteiger partial charge in [-0.15, -0.1) is 11.3 Å². The van der Waals surface area contributed by atoms with E-state index in [1.54, 1.807) is 11.3 Å². The van der Waals surface area contributed by atoms with Crippen LogP contribution in [0.3, 0.4) is 0 Å². The van der Waals surface area contributed by atoms with Gasteiger partial charge in [-0.2, -0.15) is 0 Å². The van der Waals surface area contributed by atoms with Gasteiger partial charge in [-0.05, 0) is 68.9 Å². The van der Waals surface area contributed by atoms with Crippen molar-refractivity contribution >= 4 is 37.2 Å². The van der Waals surface area contributed by atoms with Gasteiger partial charge in [-0.1, -0.05) is 12.1 Å². The van der Waals surface area contributed by atoms with Crippen LogP contribution in [0.1, 0.15) is 37.8 Å². The number of benzene rings is 2. The molecule has 0 bridgehead atoms. The predicted octanol–water partition coefficient (Wildman–Crippen LogP) is 2.20. The zero-order valence-corrected chi connectivity index (χ0v) is 20.7. The Morgan fingerprint density at radius 1 is 1.10 bits per heavy atom. The van der Waals surface area contributed by atoms with E-state index in [-0.39, 0.29) is 29.4 Å². The molecule has 1 aliphatic rings.